The molecule has 0 radical (unpaired) electrons. The molecule has 1 aliphatic heterocycles. The number of rotatable bonds is 4. The zero-order valence-corrected chi connectivity index (χ0v) is 9.88. The Morgan fingerprint density at radius 3 is 2.88 bits per heavy atom. The van der Waals surface area contributed by atoms with Crippen LogP contribution in [0.5, 0.6) is 0 Å². The standard InChI is InChI=1S/C10H13N3O3S/c11-3-4-12-17(15,16)8-1-2-9-7(5-8)6-10(14)13-9/h1-2,5,12H,3-4,6,11H2,(H,13,14). The van der Waals surface area contributed by atoms with Crippen LogP contribution in [0.1, 0.15) is 5.56 Å². The quantitative estimate of drug-likeness (QED) is 0.669. The molecular weight excluding hydrogens is 242 g/mol. The Kier molecular flexibility index (Phi) is 3.14. The lowest BCUT2D eigenvalue weighted by Gasteiger charge is -2.06. The van der Waals surface area contributed by atoms with E-state index >= 15 is 0 Å². The number of nitrogens with two attached hydrogens (primary N) is 1. The van der Waals surface area contributed by atoms with Gasteiger partial charge in [-0.05, 0) is 23.8 Å². The van der Waals surface area contributed by atoms with Crippen molar-refractivity contribution >= 4 is 21.6 Å². The Balaban J connectivity index is 2.30. The lowest BCUT2D eigenvalue weighted by Crippen LogP contribution is -2.29. The van der Waals surface area contributed by atoms with Gasteiger partial charge in [-0.1, -0.05) is 0 Å². The van der Waals surface area contributed by atoms with Crippen molar-refractivity contribution in [2.24, 2.45) is 5.73 Å². The fourth-order valence-corrected chi connectivity index (χ4v) is 2.75. The Bertz CT molecular complexity index is 554. The minimum atomic E-state index is -3.53. The maximum Gasteiger partial charge on any atom is 0.240 e. The number of carbonyl (C=O) groups is 1. The van der Waals surface area contributed by atoms with E-state index in [-0.39, 0.29) is 30.3 Å². The normalized spacial score (nSPS) is 14.5. The molecule has 0 saturated heterocycles. The Morgan fingerprint density at radius 2 is 2.18 bits per heavy atom. The fraction of sp³-hybridized carbons (Fsp3) is 0.300. The van der Waals surface area contributed by atoms with Crippen LogP contribution in [0.4, 0.5) is 5.69 Å². The number of benzene rings is 1. The molecule has 4 N–H and O–H groups in total. The Morgan fingerprint density at radius 1 is 1.41 bits per heavy atom. The molecular formula is C10H13N3O3S. The van der Waals surface area contributed by atoms with Gasteiger partial charge in [0, 0.05) is 18.8 Å². The SMILES string of the molecule is NCCNS(=O)(=O)c1ccc2c(c1)CC(=O)N2. The minimum absolute atomic E-state index is 0.121. The summed E-state index contributed by atoms with van der Waals surface area (Å²) in [5.74, 6) is -0.121. The third kappa shape index (κ3) is 2.46. The predicted octanol–water partition coefficient (Wildman–Crippen LogP) is -0.582. The van der Waals surface area contributed by atoms with E-state index in [2.05, 4.69) is 10.0 Å². The second-order valence-electron chi connectivity index (χ2n) is 3.73. The molecule has 6 nitrogen and oxygen atoms in total. The number of hydrogen-bond acceptors (Lipinski definition) is 4. The van der Waals surface area contributed by atoms with Crippen molar-refractivity contribution < 1.29 is 13.2 Å². The lowest BCUT2D eigenvalue weighted by molar-refractivity contribution is -0.115. The second kappa shape index (κ2) is 4.44. The van der Waals surface area contributed by atoms with E-state index in [1.165, 1.54) is 12.1 Å². The van der Waals surface area contributed by atoms with Crippen LogP contribution in [0, 0.1) is 0 Å². The predicted molar refractivity (Wildman–Crippen MR) is 63.0 cm³/mol. The highest BCUT2D eigenvalue weighted by Gasteiger charge is 2.21. The molecule has 7 heteroatoms. The van der Waals surface area contributed by atoms with Gasteiger partial charge in [-0.25, -0.2) is 13.1 Å². The van der Waals surface area contributed by atoms with Crippen LogP contribution in [0.25, 0.3) is 0 Å². The molecule has 0 aromatic heterocycles. The van der Waals surface area contributed by atoms with E-state index in [9.17, 15) is 13.2 Å². The number of carbonyl (C=O) groups excluding carboxylic acids is 1. The van der Waals surface area contributed by atoms with Crippen LogP contribution in [-0.2, 0) is 21.2 Å². The lowest BCUT2D eigenvalue weighted by atomic mass is 10.2. The molecule has 92 valence electrons. The molecule has 0 aliphatic carbocycles. The maximum absolute atomic E-state index is 11.8. The smallest absolute Gasteiger partial charge is 0.240 e. The molecule has 0 spiro atoms. The topological polar surface area (TPSA) is 101 Å². The first-order valence-corrected chi connectivity index (χ1v) is 6.64. The van der Waals surface area contributed by atoms with Gasteiger partial charge in [-0.3, -0.25) is 4.79 Å². The van der Waals surface area contributed by atoms with E-state index in [1.807, 2.05) is 0 Å². The van der Waals surface area contributed by atoms with E-state index in [4.69, 9.17) is 5.73 Å². The van der Waals surface area contributed by atoms with Crippen molar-refractivity contribution in [3.63, 3.8) is 0 Å². The first-order chi connectivity index (χ1) is 8.03. The largest absolute Gasteiger partial charge is 0.329 e. The van der Waals surface area contributed by atoms with Crippen LogP contribution in [0.3, 0.4) is 0 Å². The highest BCUT2D eigenvalue weighted by Crippen LogP contribution is 2.25. The average Bonchev–Trinajstić information content (AvgIpc) is 2.65. The van der Waals surface area contributed by atoms with Crippen molar-refractivity contribution in [1.29, 1.82) is 0 Å². The van der Waals surface area contributed by atoms with Gasteiger partial charge in [0.2, 0.25) is 15.9 Å². The number of fused-ring (bicyclic) bond motifs is 1. The summed E-state index contributed by atoms with van der Waals surface area (Å²) in [5, 5.41) is 2.65. The van der Waals surface area contributed by atoms with Crippen LogP contribution < -0.4 is 15.8 Å². The molecule has 2 rings (SSSR count). The van der Waals surface area contributed by atoms with E-state index in [0.717, 1.165) is 0 Å². The molecule has 0 bridgehead atoms. The third-order valence-corrected chi connectivity index (χ3v) is 3.91. The molecule has 0 fully saturated rings. The van der Waals surface area contributed by atoms with Gasteiger partial charge >= 0.3 is 0 Å². The first-order valence-electron chi connectivity index (χ1n) is 5.15. The fourth-order valence-electron chi connectivity index (χ4n) is 1.65. The van der Waals surface area contributed by atoms with Gasteiger partial charge in [0.05, 0.1) is 11.3 Å². The molecule has 1 amide bonds. The summed E-state index contributed by atoms with van der Waals surface area (Å²) in [6, 6.07) is 4.56. The van der Waals surface area contributed by atoms with Gasteiger partial charge < -0.3 is 11.1 Å². The van der Waals surface area contributed by atoms with Gasteiger partial charge in [-0.2, -0.15) is 0 Å². The monoisotopic (exact) mass is 255 g/mol. The van der Waals surface area contributed by atoms with Gasteiger partial charge in [0.1, 0.15) is 0 Å². The van der Waals surface area contributed by atoms with Crippen LogP contribution in [0.15, 0.2) is 23.1 Å². The molecule has 0 atom stereocenters. The molecule has 1 aromatic carbocycles. The average molecular weight is 255 g/mol. The summed E-state index contributed by atoms with van der Waals surface area (Å²) in [7, 11) is -3.53. The minimum Gasteiger partial charge on any atom is -0.329 e. The first kappa shape index (κ1) is 12.0. The molecule has 1 aliphatic rings. The summed E-state index contributed by atoms with van der Waals surface area (Å²) < 4.78 is 26.0. The highest BCUT2D eigenvalue weighted by molar-refractivity contribution is 7.89. The van der Waals surface area contributed by atoms with E-state index in [1.54, 1.807) is 6.07 Å². The summed E-state index contributed by atoms with van der Waals surface area (Å²) in [6.07, 6.45) is 0.218. The maximum atomic E-state index is 11.8. The van der Waals surface area contributed by atoms with Gasteiger partial charge in [0.25, 0.3) is 0 Å². The van der Waals surface area contributed by atoms with Crippen LogP contribution in [-0.4, -0.2) is 27.4 Å². The van der Waals surface area contributed by atoms with E-state index in [0.29, 0.717) is 11.3 Å². The molecule has 1 heterocycles. The van der Waals surface area contributed by atoms with E-state index < -0.39 is 10.0 Å². The van der Waals surface area contributed by atoms with Crippen molar-refractivity contribution in [3.8, 4) is 0 Å². The van der Waals surface area contributed by atoms with Crippen molar-refractivity contribution in [3.05, 3.63) is 23.8 Å². The van der Waals surface area contributed by atoms with Crippen LogP contribution in [0.2, 0.25) is 0 Å². The Hall–Kier alpha value is -1.44. The number of amides is 1. The summed E-state index contributed by atoms with van der Waals surface area (Å²) >= 11 is 0. The summed E-state index contributed by atoms with van der Waals surface area (Å²) in [4.78, 5) is 11.3. The molecule has 1 aromatic rings. The molecule has 17 heavy (non-hydrogen) atoms. The highest BCUT2D eigenvalue weighted by atomic mass is 32.2. The Labute approximate surface area is 99.2 Å². The number of hydrogen-bond donors (Lipinski definition) is 3. The molecule has 0 unspecified atom stereocenters. The van der Waals surface area contributed by atoms with Crippen molar-refractivity contribution in [2.75, 3.05) is 18.4 Å². The van der Waals surface area contributed by atoms with Gasteiger partial charge in [-0.15, -0.1) is 0 Å². The zero-order valence-electron chi connectivity index (χ0n) is 9.06. The number of sulfonamides is 1. The summed E-state index contributed by atoms with van der Waals surface area (Å²) in [5.41, 5.74) is 6.61. The summed E-state index contributed by atoms with van der Waals surface area (Å²) in [6.45, 7) is 0.431. The van der Waals surface area contributed by atoms with Crippen molar-refractivity contribution in [1.82, 2.24) is 4.72 Å². The number of anilines is 1. The molecule has 0 saturated carbocycles. The van der Waals surface area contributed by atoms with Crippen molar-refractivity contribution in [2.45, 2.75) is 11.3 Å². The van der Waals surface area contributed by atoms with Gasteiger partial charge in [0.15, 0.2) is 0 Å². The number of nitrogens with one attached hydrogen (secondary N) is 2. The zero-order chi connectivity index (χ0) is 12.5. The third-order valence-electron chi connectivity index (χ3n) is 2.45. The second-order valence-corrected chi connectivity index (χ2v) is 5.50. The van der Waals surface area contributed by atoms with Crippen LogP contribution >= 0.6 is 0 Å².